The van der Waals surface area contributed by atoms with Crippen LogP contribution in [0.3, 0.4) is 0 Å². The summed E-state index contributed by atoms with van der Waals surface area (Å²) in [7, 11) is 6.82. The van der Waals surface area contributed by atoms with Crippen LogP contribution in [0.1, 0.15) is 65.5 Å². The molecular weight excluding hydrogens is 810 g/mol. The number of carbonyl (C=O) groups excluding carboxylic acids is 3. The Kier molecular flexibility index (Phi) is 12.5. The topological polar surface area (TPSA) is 200 Å². The maximum atomic E-state index is 13.5. The minimum Gasteiger partial charge on any atom is -0.494 e. The number of hydrogen-bond acceptors (Lipinski definition) is 13. The van der Waals surface area contributed by atoms with Crippen molar-refractivity contribution in [1.82, 2.24) is 44.6 Å². The van der Waals surface area contributed by atoms with Crippen LogP contribution >= 0.6 is 0 Å². The molecule has 1 atom stereocenters. The molecule has 17 nitrogen and oxygen atoms in total. The summed E-state index contributed by atoms with van der Waals surface area (Å²) in [6.07, 6.45) is 8.81. The summed E-state index contributed by atoms with van der Waals surface area (Å²) < 4.78 is 28.5. The fourth-order valence-corrected chi connectivity index (χ4v) is 8.11. The summed E-state index contributed by atoms with van der Waals surface area (Å²) in [5.41, 5.74) is 5.19. The molecule has 0 radical (unpaired) electrons. The number of para-hydroxylation sites is 1. The van der Waals surface area contributed by atoms with Crippen molar-refractivity contribution in [2.24, 2.45) is 7.05 Å². The minimum absolute atomic E-state index is 0.176. The lowest BCUT2D eigenvalue weighted by atomic mass is 9.77. The van der Waals surface area contributed by atoms with Gasteiger partial charge in [0.1, 0.15) is 17.7 Å². The van der Waals surface area contributed by atoms with E-state index in [0.717, 1.165) is 54.8 Å². The Morgan fingerprint density at radius 2 is 1.73 bits per heavy atom. The van der Waals surface area contributed by atoms with Crippen LogP contribution in [-0.2, 0) is 27.9 Å². The number of nitrogens with one attached hydrogen (secondary N) is 4. The number of piperidine rings is 1. The van der Waals surface area contributed by atoms with Gasteiger partial charge in [0.25, 0.3) is 5.91 Å². The number of carbonyl (C=O) groups is 3. The highest BCUT2D eigenvalue weighted by Gasteiger charge is 2.34. The normalized spacial score (nSPS) is 17.3. The van der Waals surface area contributed by atoms with Crippen LogP contribution in [-0.4, -0.2) is 92.2 Å². The molecule has 1 saturated carbocycles. The summed E-state index contributed by atoms with van der Waals surface area (Å²) in [4.78, 5) is 69.7. The Bertz CT molecular complexity index is 2720. The molecule has 326 valence electrons. The third-order valence-electron chi connectivity index (χ3n) is 11.5. The number of halogens is 1. The first-order chi connectivity index (χ1) is 30.5. The Morgan fingerprint density at radius 1 is 0.937 bits per heavy atom. The molecule has 4 aromatic heterocycles. The minimum atomic E-state index is -0.702. The second kappa shape index (κ2) is 18.5. The first kappa shape index (κ1) is 42.6. The molecule has 6 aromatic rings. The summed E-state index contributed by atoms with van der Waals surface area (Å²) in [5, 5.41) is 11.5. The van der Waals surface area contributed by atoms with E-state index in [0.29, 0.717) is 70.9 Å². The number of hydrogen-bond donors (Lipinski definition) is 4. The van der Waals surface area contributed by atoms with Crippen LogP contribution in [0.15, 0.2) is 84.2 Å². The first-order valence-corrected chi connectivity index (χ1v) is 20.7. The number of nitrogens with zero attached hydrogens (tertiary/aromatic N) is 7. The molecule has 8 rings (SSSR count). The molecule has 0 spiro atoms. The zero-order valence-electron chi connectivity index (χ0n) is 35.4. The predicted octanol–water partition coefficient (Wildman–Crippen LogP) is 5.34. The molecule has 3 amide bonds. The molecule has 1 aliphatic heterocycles. The lowest BCUT2D eigenvalue weighted by Gasteiger charge is -2.35. The second-order valence-electron chi connectivity index (χ2n) is 15.8. The zero-order valence-corrected chi connectivity index (χ0v) is 35.4. The number of rotatable bonds is 16. The summed E-state index contributed by atoms with van der Waals surface area (Å²) in [6.45, 7) is 2.19. The maximum absolute atomic E-state index is 13.5. The fraction of sp³-hybridized carbons (Fsp3) is 0.333. The van der Waals surface area contributed by atoms with Gasteiger partial charge < -0.3 is 30.3 Å². The molecule has 4 N–H and O–H groups in total. The van der Waals surface area contributed by atoms with Gasteiger partial charge >= 0.3 is 5.69 Å². The van der Waals surface area contributed by atoms with E-state index in [2.05, 4.69) is 53.2 Å². The fourth-order valence-electron chi connectivity index (χ4n) is 8.11. The van der Waals surface area contributed by atoms with Crippen molar-refractivity contribution in [3.05, 3.63) is 112 Å². The molecule has 0 bridgehead atoms. The highest BCUT2D eigenvalue weighted by atomic mass is 19.1. The van der Waals surface area contributed by atoms with Crippen LogP contribution in [0.2, 0.25) is 0 Å². The highest BCUT2D eigenvalue weighted by molar-refractivity contribution is 6.01. The largest absolute Gasteiger partial charge is 0.494 e. The molecule has 1 unspecified atom stereocenters. The van der Waals surface area contributed by atoms with E-state index in [1.165, 1.54) is 24.9 Å². The Balaban J connectivity index is 0.813. The average Bonchev–Trinajstić information content (AvgIpc) is 3.51. The molecule has 1 aliphatic carbocycles. The highest BCUT2D eigenvalue weighted by Crippen LogP contribution is 2.40. The van der Waals surface area contributed by atoms with Gasteiger partial charge in [-0.05, 0) is 80.1 Å². The van der Waals surface area contributed by atoms with Crippen LogP contribution in [0.25, 0.3) is 22.4 Å². The number of methoxy groups -OCH3 is 1. The van der Waals surface area contributed by atoms with Crippen molar-refractivity contribution < 1.29 is 28.2 Å². The Labute approximate surface area is 362 Å². The number of aromatic nitrogens is 6. The smallest absolute Gasteiger partial charge is 0.329 e. The van der Waals surface area contributed by atoms with Gasteiger partial charge in [0.2, 0.25) is 11.8 Å². The van der Waals surface area contributed by atoms with E-state index in [-0.39, 0.29) is 35.9 Å². The molecule has 2 fully saturated rings. The lowest BCUT2D eigenvalue weighted by Crippen LogP contribution is -2.44. The third kappa shape index (κ3) is 9.27. The van der Waals surface area contributed by atoms with Crippen molar-refractivity contribution in [3.8, 4) is 17.1 Å². The zero-order chi connectivity index (χ0) is 44.2. The van der Waals surface area contributed by atoms with E-state index < -0.39 is 17.8 Å². The van der Waals surface area contributed by atoms with Crippen LogP contribution in [0, 0.1) is 5.82 Å². The quantitative estimate of drug-likeness (QED) is 0.0719. The number of benzene rings is 2. The van der Waals surface area contributed by atoms with Gasteiger partial charge in [-0.15, -0.1) is 0 Å². The number of imide groups is 1. The second-order valence-corrected chi connectivity index (χ2v) is 15.8. The first-order valence-electron chi connectivity index (χ1n) is 20.7. The number of amides is 3. The summed E-state index contributed by atoms with van der Waals surface area (Å²) in [5.74, 6) is 0.395. The van der Waals surface area contributed by atoms with Crippen molar-refractivity contribution in [2.45, 2.75) is 56.7 Å². The molecule has 63 heavy (non-hydrogen) atoms. The van der Waals surface area contributed by atoms with Gasteiger partial charge in [-0.2, -0.15) is 0 Å². The number of aryl methyl sites for hydroxylation is 1. The van der Waals surface area contributed by atoms with Crippen molar-refractivity contribution in [1.29, 1.82) is 0 Å². The maximum Gasteiger partial charge on any atom is 0.329 e. The van der Waals surface area contributed by atoms with Crippen LogP contribution < -0.4 is 31.7 Å². The van der Waals surface area contributed by atoms with Gasteiger partial charge in [-0.25, -0.2) is 29.1 Å². The molecular formula is C45H48FN11O6. The number of imidazole rings is 1. The standard InChI is InChI=1S/C45H48FN11O6/c1-47-43(59)32-24-49-39(20-34(32)52-33-8-5-7-31(41(33)62-4)42-50-22-29(46)23-51-42)53-38-13-9-26(21-48-38)25-55(2)15-6-16-63-30-17-28(18-30)27-10-11-35-37(19-27)56(3)45(61)57(35)36-12-14-40(58)54-44(36)60/h5,7-11,13,19-24,28,30,36H,6,12,14-18,25H2,1-4H3,(H,47,59)(H,54,58,60)(H2,48,49,52,53). The molecule has 2 aromatic carbocycles. The lowest BCUT2D eigenvalue weighted by molar-refractivity contribution is -0.135. The Morgan fingerprint density at radius 3 is 2.46 bits per heavy atom. The van der Waals surface area contributed by atoms with E-state index in [1.807, 2.05) is 36.5 Å². The molecule has 5 heterocycles. The average molecular weight is 858 g/mol. The third-order valence-corrected chi connectivity index (χ3v) is 11.5. The van der Waals surface area contributed by atoms with Crippen LogP contribution in [0.5, 0.6) is 5.75 Å². The van der Waals surface area contributed by atoms with E-state index in [9.17, 15) is 23.6 Å². The number of pyridine rings is 2. The predicted molar refractivity (Wildman–Crippen MR) is 234 cm³/mol. The van der Waals surface area contributed by atoms with Crippen LogP contribution in [0.4, 0.5) is 27.4 Å². The number of anilines is 4. The summed E-state index contributed by atoms with van der Waals surface area (Å²) in [6, 6.07) is 16.2. The Hall–Kier alpha value is -7.05. The SMILES string of the molecule is CNC(=O)c1cnc(Nc2ccc(CN(C)CCCOC3CC(c4ccc5c(c4)n(C)c(=O)n5C4CCC(=O)NC4=O)C3)cn2)cc1Nc1cccc(-c2ncc(F)cn2)c1OC. The monoisotopic (exact) mass is 857 g/mol. The van der Waals surface area contributed by atoms with Gasteiger partial charge in [-0.3, -0.25) is 28.8 Å². The molecule has 1 saturated heterocycles. The molecule has 18 heteroatoms. The van der Waals surface area contributed by atoms with Gasteiger partial charge in [-0.1, -0.05) is 18.2 Å². The molecule has 2 aliphatic rings. The van der Waals surface area contributed by atoms with E-state index in [1.54, 1.807) is 35.9 Å². The van der Waals surface area contributed by atoms with Gasteiger partial charge in [0, 0.05) is 58.7 Å². The number of fused-ring (bicyclic) bond motifs is 1. The van der Waals surface area contributed by atoms with Crippen molar-refractivity contribution in [3.63, 3.8) is 0 Å². The number of ether oxygens (including phenoxy) is 2. The summed E-state index contributed by atoms with van der Waals surface area (Å²) >= 11 is 0. The van der Waals surface area contributed by atoms with E-state index in [4.69, 9.17) is 9.47 Å². The van der Waals surface area contributed by atoms with Gasteiger partial charge in [0.15, 0.2) is 17.4 Å². The van der Waals surface area contributed by atoms with Gasteiger partial charge in [0.05, 0.1) is 59.1 Å². The van der Waals surface area contributed by atoms with Crippen molar-refractivity contribution >= 4 is 51.8 Å². The van der Waals surface area contributed by atoms with E-state index >= 15 is 0 Å². The van der Waals surface area contributed by atoms with Crippen molar-refractivity contribution in [2.75, 3.05) is 45.0 Å².